The summed E-state index contributed by atoms with van der Waals surface area (Å²) in [6, 6.07) is 15.6. The van der Waals surface area contributed by atoms with Crippen molar-refractivity contribution in [2.24, 2.45) is 0 Å². The second kappa shape index (κ2) is 9.49. The fourth-order valence-corrected chi connectivity index (χ4v) is 4.96. The number of thioether (sulfide) groups is 1. The van der Waals surface area contributed by atoms with Crippen molar-refractivity contribution in [1.29, 1.82) is 0 Å². The molecule has 0 radical (unpaired) electrons. The number of hydrogen-bond donors (Lipinski definition) is 0. The van der Waals surface area contributed by atoms with E-state index >= 15 is 0 Å². The van der Waals surface area contributed by atoms with E-state index in [0.29, 0.717) is 9.93 Å². The maximum atomic E-state index is 12.9. The van der Waals surface area contributed by atoms with Crippen LogP contribution < -0.4 is 4.74 Å². The zero-order chi connectivity index (χ0) is 23.7. The van der Waals surface area contributed by atoms with Gasteiger partial charge in [-0.3, -0.25) is 14.5 Å². The molecule has 2 heterocycles. The Labute approximate surface area is 203 Å². The Morgan fingerprint density at radius 3 is 2.55 bits per heavy atom. The number of carbonyl (C=O) groups excluding carboxylic acids is 2. The molecular formula is C26H25ClN2O3S. The summed E-state index contributed by atoms with van der Waals surface area (Å²) in [4.78, 5) is 27.1. The Hall–Kier alpha value is -2.96. The van der Waals surface area contributed by atoms with Crippen LogP contribution in [0.3, 0.4) is 0 Å². The highest BCUT2D eigenvalue weighted by Crippen LogP contribution is 2.34. The molecule has 1 saturated heterocycles. The monoisotopic (exact) mass is 480 g/mol. The average molecular weight is 481 g/mol. The first kappa shape index (κ1) is 23.2. The second-order valence-electron chi connectivity index (χ2n) is 8.06. The number of imide groups is 1. The van der Waals surface area contributed by atoms with Gasteiger partial charge in [-0.1, -0.05) is 35.9 Å². The van der Waals surface area contributed by atoms with E-state index < -0.39 is 0 Å². The van der Waals surface area contributed by atoms with Crippen molar-refractivity contribution in [3.8, 4) is 11.4 Å². The van der Waals surface area contributed by atoms with Gasteiger partial charge < -0.3 is 9.30 Å². The lowest BCUT2D eigenvalue weighted by Gasteiger charge is -2.14. The van der Waals surface area contributed by atoms with Gasteiger partial charge in [0.25, 0.3) is 11.1 Å². The Balaban J connectivity index is 1.51. The number of carbonyl (C=O) groups is 2. The van der Waals surface area contributed by atoms with Crippen LogP contribution >= 0.6 is 23.4 Å². The van der Waals surface area contributed by atoms with Crippen LogP contribution in [0.2, 0.25) is 5.02 Å². The molecule has 4 rings (SSSR count). The molecule has 1 aromatic heterocycles. The minimum Gasteiger partial charge on any atom is -0.491 e. The number of amides is 2. The van der Waals surface area contributed by atoms with Crippen molar-refractivity contribution in [2.45, 2.75) is 27.7 Å². The molecule has 2 amide bonds. The Kier molecular flexibility index (Phi) is 6.68. The number of benzene rings is 2. The Morgan fingerprint density at radius 2 is 1.79 bits per heavy atom. The number of nitrogens with zero attached hydrogens (tertiary/aromatic N) is 2. The Morgan fingerprint density at radius 1 is 1.03 bits per heavy atom. The highest BCUT2D eigenvalue weighted by molar-refractivity contribution is 8.18. The van der Waals surface area contributed by atoms with Gasteiger partial charge in [0.1, 0.15) is 12.4 Å². The first-order valence-corrected chi connectivity index (χ1v) is 11.8. The van der Waals surface area contributed by atoms with Gasteiger partial charge in [-0.15, -0.1) is 0 Å². The lowest BCUT2D eigenvalue weighted by atomic mass is 10.1. The number of halogens is 1. The molecule has 1 fully saturated rings. The molecule has 5 nitrogen and oxygen atoms in total. The van der Waals surface area contributed by atoms with Crippen molar-refractivity contribution >= 4 is 40.6 Å². The summed E-state index contributed by atoms with van der Waals surface area (Å²) < 4.78 is 7.89. The van der Waals surface area contributed by atoms with Gasteiger partial charge in [-0.05, 0) is 86.5 Å². The van der Waals surface area contributed by atoms with Crippen LogP contribution in [-0.2, 0) is 4.79 Å². The number of aryl methyl sites for hydroxylation is 3. The molecule has 0 spiro atoms. The van der Waals surface area contributed by atoms with Crippen LogP contribution in [0.15, 0.2) is 53.4 Å². The van der Waals surface area contributed by atoms with Gasteiger partial charge in [-0.2, -0.15) is 0 Å². The van der Waals surface area contributed by atoms with E-state index in [1.807, 2.05) is 76.2 Å². The molecule has 0 unspecified atom stereocenters. The summed E-state index contributed by atoms with van der Waals surface area (Å²) >= 11 is 7.36. The van der Waals surface area contributed by atoms with Crippen LogP contribution in [0, 0.1) is 27.7 Å². The SMILES string of the molecule is Cc1ccc(C)c(OCCN2C(=O)S/C(=C\c3cc(C)n(-c4ccccc4Cl)c3C)C2=O)c1. The quantitative estimate of drug-likeness (QED) is 0.379. The maximum Gasteiger partial charge on any atom is 0.293 e. The molecule has 1 aliphatic rings. The van der Waals surface area contributed by atoms with Crippen molar-refractivity contribution in [1.82, 2.24) is 9.47 Å². The van der Waals surface area contributed by atoms with Crippen LogP contribution in [0.5, 0.6) is 5.75 Å². The third-order valence-corrected chi connectivity index (χ3v) is 6.87. The molecule has 170 valence electrons. The largest absolute Gasteiger partial charge is 0.491 e. The van der Waals surface area contributed by atoms with E-state index in [9.17, 15) is 9.59 Å². The van der Waals surface area contributed by atoms with Gasteiger partial charge in [0.15, 0.2) is 0 Å². The first-order chi connectivity index (χ1) is 15.8. The molecule has 3 aromatic rings. The number of aromatic nitrogens is 1. The predicted octanol–water partition coefficient (Wildman–Crippen LogP) is 6.48. The summed E-state index contributed by atoms with van der Waals surface area (Å²) in [5, 5.41) is 0.366. The average Bonchev–Trinajstić information content (AvgIpc) is 3.20. The van der Waals surface area contributed by atoms with E-state index in [4.69, 9.17) is 16.3 Å². The topological polar surface area (TPSA) is 51.5 Å². The van der Waals surface area contributed by atoms with E-state index in [1.165, 1.54) is 4.90 Å². The highest BCUT2D eigenvalue weighted by Gasteiger charge is 2.35. The standard InChI is InChI=1S/C26H25ClN2O3S/c1-16-9-10-17(2)23(13-16)32-12-11-28-25(30)24(33-26(28)31)15-20-14-18(3)29(19(20)4)22-8-6-5-7-21(22)27/h5-10,13-15H,11-12H2,1-4H3/b24-15-. The summed E-state index contributed by atoms with van der Waals surface area (Å²) in [6.45, 7) is 8.38. The van der Waals surface area contributed by atoms with Crippen LogP contribution in [0.4, 0.5) is 4.79 Å². The van der Waals surface area contributed by atoms with Crippen LogP contribution in [-0.4, -0.2) is 33.8 Å². The van der Waals surface area contributed by atoms with Crippen molar-refractivity contribution in [3.05, 3.63) is 86.5 Å². The first-order valence-electron chi connectivity index (χ1n) is 10.7. The van der Waals surface area contributed by atoms with Gasteiger partial charge >= 0.3 is 0 Å². The minimum atomic E-state index is -0.294. The summed E-state index contributed by atoms with van der Waals surface area (Å²) in [7, 11) is 0. The van der Waals surface area contributed by atoms with Crippen molar-refractivity contribution < 1.29 is 14.3 Å². The maximum absolute atomic E-state index is 12.9. The van der Waals surface area contributed by atoms with Gasteiger partial charge in [0.2, 0.25) is 0 Å². The minimum absolute atomic E-state index is 0.202. The molecule has 7 heteroatoms. The number of rotatable bonds is 6. The fourth-order valence-electron chi connectivity index (χ4n) is 3.88. The van der Waals surface area contributed by atoms with Crippen LogP contribution in [0.1, 0.15) is 28.1 Å². The van der Waals surface area contributed by atoms with E-state index in [-0.39, 0.29) is 24.3 Å². The second-order valence-corrected chi connectivity index (χ2v) is 9.46. The molecule has 0 atom stereocenters. The van der Waals surface area contributed by atoms with Gasteiger partial charge in [0, 0.05) is 11.4 Å². The zero-order valence-corrected chi connectivity index (χ0v) is 20.6. The number of para-hydroxylation sites is 1. The molecule has 0 saturated carbocycles. The third kappa shape index (κ3) is 4.72. The number of ether oxygens (including phenoxy) is 1. The number of hydrogen-bond acceptors (Lipinski definition) is 4. The summed E-state index contributed by atoms with van der Waals surface area (Å²) in [5.74, 6) is 0.474. The molecular weight excluding hydrogens is 456 g/mol. The molecule has 1 aliphatic heterocycles. The molecule has 0 aliphatic carbocycles. The predicted molar refractivity (Wildman–Crippen MR) is 134 cm³/mol. The van der Waals surface area contributed by atoms with E-state index in [0.717, 1.165) is 51.3 Å². The van der Waals surface area contributed by atoms with E-state index in [1.54, 1.807) is 6.08 Å². The third-order valence-electron chi connectivity index (χ3n) is 5.64. The van der Waals surface area contributed by atoms with Gasteiger partial charge in [0.05, 0.1) is 22.2 Å². The highest BCUT2D eigenvalue weighted by atomic mass is 35.5. The zero-order valence-electron chi connectivity index (χ0n) is 19.0. The Bertz CT molecular complexity index is 1280. The lowest BCUT2D eigenvalue weighted by Crippen LogP contribution is -2.32. The molecule has 2 aromatic carbocycles. The van der Waals surface area contributed by atoms with Crippen LogP contribution in [0.25, 0.3) is 11.8 Å². The normalized spacial score (nSPS) is 15.1. The fraction of sp³-hybridized carbons (Fsp3) is 0.231. The van der Waals surface area contributed by atoms with E-state index in [2.05, 4.69) is 4.57 Å². The molecule has 33 heavy (non-hydrogen) atoms. The van der Waals surface area contributed by atoms with Gasteiger partial charge in [-0.25, -0.2) is 0 Å². The molecule has 0 N–H and O–H groups in total. The lowest BCUT2D eigenvalue weighted by molar-refractivity contribution is -0.123. The smallest absolute Gasteiger partial charge is 0.293 e. The summed E-state index contributed by atoms with van der Waals surface area (Å²) in [6.07, 6.45) is 1.78. The van der Waals surface area contributed by atoms with Crippen molar-refractivity contribution in [3.63, 3.8) is 0 Å². The summed E-state index contributed by atoms with van der Waals surface area (Å²) in [5.41, 5.74) is 5.82. The van der Waals surface area contributed by atoms with Crippen molar-refractivity contribution in [2.75, 3.05) is 13.2 Å². The molecule has 0 bridgehead atoms.